The minimum absolute atomic E-state index is 0. The molecule has 2 heterocycles. The van der Waals surface area contributed by atoms with E-state index < -0.39 is 11.7 Å². The number of nitrogens with zero attached hydrogens (tertiary/aromatic N) is 2. The van der Waals surface area contributed by atoms with Gasteiger partial charge < -0.3 is 5.11 Å². The molecule has 1 radical (unpaired) electrons. The van der Waals surface area contributed by atoms with Gasteiger partial charge in [0.2, 0.25) is 0 Å². The quantitative estimate of drug-likeness (QED) is 0.0914. The second-order valence-electron chi connectivity index (χ2n) is 7.54. The summed E-state index contributed by atoms with van der Waals surface area (Å²) in [5.74, 6) is -0.0625. The molecule has 35 heavy (non-hydrogen) atoms. The van der Waals surface area contributed by atoms with Crippen molar-refractivity contribution in [1.29, 1.82) is 0 Å². The Balaban J connectivity index is 0.000000378. The van der Waals surface area contributed by atoms with Gasteiger partial charge >= 0.3 is 6.18 Å². The van der Waals surface area contributed by atoms with Gasteiger partial charge in [0.25, 0.3) is 0 Å². The Morgan fingerprint density at radius 3 is 2.34 bits per heavy atom. The first-order valence-corrected chi connectivity index (χ1v) is 11.0. The molecule has 0 saturated carbocycles. The number of rotatable bonds is 2. The second kappa shape index (κ2) is 10.6. The smallest absolute Gasteiger partial charge is 0.419 e. The predicted molar refractivity (Wildman–Crippen MR) is 129 cm³/mol. The van der Waals surface area contributed by atoms with Crippen molar-refractivity contribution in [3.8, 4) is 10.6 Å². The Kier molecular flexibility index (Phi) is 8.05. The van der Waals surface area contributed by atoms with E-state index in [0.29, 0.717) is 21.3 Å². The summed E-state index contributed by atoms with van der Waals surface area (Å²) in [4.78, 5) is 19.0. The van der Waals surface area contributed by atoms with Gasteiger partial charge in [0, 0.05) is 31.9 Å². The number of carbonyl (C=O) groups excluding carboxylic acids is 1. The minimum Gasteiger partial charge on any atom is -0.512 e. The molecular formula is C26H18F3IrN2O2S-. The normalized spacial score (nSPS) is 11.7. The van der Waals surface area contributed by atoms with Crippen molar-refractivity contribution in [1.82, 2.24) is 9.97 Å². The van der Waals surface area contributed by atoms with Gasteiger partial charge in [0.05, 0.1) is 16.8 Å². The number of carbonyl (C=O) groups is 1. The Morgan fingerprint density at radius 2 is 1.71 bits per heavy atom. The van der Waals surface area contributed by atoms with Gasteiger partial charge in [-0.3, -0.25) is 9.78 Å². The summed E-state index contributed by atoms with van der Waals surface area (Å²) in [5, 5.41) is 10.3. The van der Waals surface area contributed by atoms with Crippen molar-refractivity contribution >= 4 is 48.9 Å². The number of thiophene rings is 1. The number of benzene rings is 3. The fraction of sp³-hybridized carbons (Fsp3) is 0.115. The second-order valence-corrected chi connectivity index (χ2v) is 8.59. The van der Waals surface area contributed by atoms with Crippen molar-refractivity contribution in [3.05, 3.63) is 84.4 Å². The van der Waals surface area contributed by atoms with Crippen molar-refractivity contribution in [3.63, 3.8) is 0 Å². The first-order valence-electron chi connectivity index (χ1n) is 10.2. The number of hydrogen-bond donors (Lipinski definition) is 1. The number of aliphatic hydroxyl groups is 1. The van der Waals surface area contributed by atoms with E-state index in [1.807, 2.05) is 24.3 Å². The van der Waals surface area contributed by atoms with Crippen LogP contribution < -0.4 is 0 Å². The fourth-order valence-electron chi connectivity index (χ4n) is 3.65. The standard InChI is InChI=1S/C21H10F3N2S.C5H8O2.Ir/c22-21(23,24)18-14-7-3-1-5-12(14)9-15-19(25-11-26-20(15)18)17-10-13-6-2-4-8-16(13)27-17;1-4(6)3-5(2)7;/h1-9,11H;3,6H,1-2H3;/q-1;;/b;4-3-;. The van der Waals surface area contributed by atoms with Crippen molar-refractivity contribution in [2.45, 2.75) is 20.0 Å². The van der Waals surface area contributed by atoms with E-state index in [-0.39, 0.29) is 42.6 Å². The van der Waals surface area contributed by atoms with E-state index in [1.54, 1.807) is 24.3 Å². The Labute approximate surface area is 216 Å². The van der Waals surface area contributed by atoms with Crippen molar-refractivity contribution in [2.75, 3.05) is 0 Å². The molecule has 0 aliphatic carbocycles. The van der Waals surface area contributed by atoms with Crippen LogP contribution in [0.4, 0.5) is 13.2 Å². The molecule has 0 amide bonds. The van der Waals surface area contributed by atoms with Crippen molar-refractivity contribution in [2.24, 2.45) is 0 Å². The van der Waals surface area contributed by atoms with Gasteiger partial charge in [-0.25, -0.2) is 16.3 Å². The fourth-order valence-corrected chi connectivity index (χ4v) is 4.67. The van der Waals surface area contributed by atoms with E-state index >= 15 is 0 Å². The molecular weight excluding hydrogens is 654 g/mol. The molecule has 0 fully saturated rings. The summed E-state index contributed by atoms with van der Waals surface area (Å²) >= 11 is 1.46. The molecule has 5 rings (SSSR count). The third kappa shape index (κ3) is 5.75. The zero-order chi connectivity index (χ0) is 24.5. The zero-order valence-electron chi connectivity index (χ0n) is 18.5. The van der Waals surface area contributed by atoms with Crippen LogP contribution in [0.5, 0.6) is 0 Å². The summed E-state index contributed by atoms with van der Waals surface area (Å²) in [6.07, 6.45) is -2.16. The van der Waals surface area contributed by atoms with Gasteiger partial charge in [-0.2, -0.15) is 13.2 Å². The number of aromatic nitrogens is 2. The molecule has 0 atom stereocenters. The number of allylic oxidation sites excluding steroid dienone is 2. The molecule has 4 nitrogen and oxygen atoms in total. The molecule has 5 aromatic rings. The summed E-state index contributed by atoms with van der Waals surface area (Å²) in [5.41, 5.74) is -0.338. The molecule has 0 aliphatic heterocycles. The molecule has 0 aliphatic rings. The largest absolute Gasteiger partial charge is 0.512 e. The van der Waals surface area contributed by atoms with Crippen LogP contribution in [0, 0.1) is 6.07 Å². The molecule has 0 unspecified atom stereocenters. The zero-order valence-corrected chi connectivity index (χ0v) is 21.7. The Hall–Kier alpha value is -3.13. The monoisotopic (exact) mass is 672 g/mol. The minimum atomic E-state index is -4.52. The SMILES string of the molecule is CC(=O)/C=C(/C)O.FC(F)(F)c1c2ccccc2cc2c(-c3[c-]c4ccccc4s3)ncnc12.[Ir]. The number of ketones is 1. The van der Waals surface area contributed by atoms with Crippen LogP contribution in [0.15, 0.2) is 72.8 Å². The molecule has 2 aromatic heterocycles. The molecule has 9 heteroatoms. The van der Waals surface area contributed by atoms with Crippen molar-refractivity contribution < 1.29 is 43.2 Å². The summed E-state index contributed by atoms with van der Waals surface area (Å²) in [6, 6.07) is 19.2. The molecule has 181 valence electrons. The summed E-state index contributed by atoms with van der Waals surface area (Å²) in [6.45, 7) is 2.85. The number of aliphatic hydroxyl groups excluding tert-OH is 1. The average molecular weight is 672 g/mol. The molecule has 3 aromatic carbocycles. The van der Waals surface area contributed by atoms with Crippen LogP contribution in [0.2, 0.25) is 0 Å². The van der Waals surface area contributed by atoms with Crippen LogP contribution in [0.3, 0.4) is 0 Å². The third-order valence-corrected chi connectivity index (χ3v) is 5.98. The maximum Gasteiger partial charge on any atom is 0.419 e. The Bertz CT molecular complexity index is 1520. The first-order chi connectivity index (χ1) is 16.1. The van der Waals surface area contributed by atoms with E-state index in [2.05, 4.69) is 16.0 Å². The van der Waals surface area contributed by atoms with Gasteiger partial charge in [-0.1, -0.05) is 42.5 Å². The number of fused-ring (bicyclic) bond motifs is 3. The molecule has 0 saturated heterocycles. The summed E-state index contributed by atoms with van der Waals surface area (Å²) in [7, 11) is 0. The summed E-state index contributed by atoms with van der Waals surface area (Å²) < 4.78 is 42.7. The van der Waals surface area contributed by atoms with E-state index in [1.165, 1.54) is 43.7 Å². The third-order valence-electron chi connectivity index (χ3n) is 4.91. The first kappa shape index (κ1) is 26.5. The maximum atomic E-state index is 13.9. The van der Waals surface area contributed by atoms with Crippen LogP contribution >= 0.6 is 11.3 Å². The topological polar surface area (TPSA) is 63.1 Å². The Morgan fingerprint density at radius 1 is 1.03 bits per heavy atom. The number of alkyl halides is 3. The van der Waals surface area contributed by atoms with Crippen LogP contribution in [-0.4, -0.2) is 20.9 Å². The van der Waals surface area contributed by atoms with Crippen LogP contribution in [0.25, 0.3) is 42.3 Å². The van der Waals surface area contributed by atoms with Gasteiger partial charge in [-0.15, -0.1) is 23.6 Å². The maximum absolute atomic E-state index is 13.9. The molecule has 0 spiro atoms. The van der Waals surface area contributed by atoms with Gasteiger partial charge in [0.1, 0.15) is 6.33 Å². The molecule has 0 bridgehead atoms. The average Bonchev–Trinajstić information content (AvgIpc) is 3.19. The van der Waals surface area contributed by atoms with Crippen LogP contribution in [-0.2, 0) is 31.1 Å². The van der Waals surface area contributed by atoms with E-state index in [4.69, 9.17) is 5.11 Å². The number of halogens is 3. The molecule has 1 N–H and O–H groups in total. The predicted octanol–water partition coefficient (Wildman–Crippen LogP) is 7.52. The van der Waals surface area contributed by atoms with E-state index in [9.17, 15) is 18.0 Å². The van der Waals surface area contributed by atoms with E-state index in [0.717, 1.165) is 10.1 Å². The van der Waals surface area contributed by atoms with Gasteiger partial charge in [-0.05, 0) is 39.6 Å². The van der Waals surface area contributed by atoms with Gasteiger partial charge in [0.15, 0.2) is 5.78 Å². The van der Waals surface area contributed by atoms with Crippen LogP contribution in [0.1, 0.15) is 19.4 Å². The number of hydrogen-bond acceptors (Lipinski definition) is 5.